The van der Waals surface area contributed by atoms with Crippen LogP contribution in [-0.4, -0.2) is 37.7 Å². The molecule has 0 fully saturated rings. The van der Waals surface area contributed by atoms with E-state index in [0.717, 1.165) is 10.7 Å². The smallest absolute Gasteiger partial charge is 0.270 e. The molecule has 0 aliphatic heterocycles. The highest BCUT2D eigenvalue weighted by atomic mass is 32.1. The Labute approximate surface area is 158 Å². The average Bonchev–Trinajstić information content (AvgIpc) is 3.42. The van der Waals surface area contributed by atoms with Crippen LogP contribution in [0.2, 0.25) is 0 Å². The van der Waals surface area contributed by atoms with E-state index in [0.29, 0.717) is 22.1 Å². The summed E-state index contributed by atoms with van der Waals surface area (Å²) in [6.07, 6.45) is 3.77. The number of aromatic nitrogens is 5. The van der Waals surface area contributed by atoms with E-state index in [1.165, 1.54) is 11.3 Å². The number of benzene rings is 1. The molecule has 1 amide bonds. The molecule has 0 spiro atoms. The van der Waals surface area contributed by atoms with E-state index in [-0.39, 0.29) is 11.9 Å². The maximum Gasteiger partial charge on any atom is 0.270 e. The predicted molar refractivity (Wildman–Crippen MR) is 103 cm³/mol. The van der Waals surface area contributed by atoms with E-state index in [4.69, 9.17) is 4.74 Å². The highest BCUT2D eigenvalue weighted by Gasteiger charge is 2.18. The maximum absolute atomic E-state index is 12.6. The molecule has 3 heterocycles. The minimum Gasteiger partial charge on any atom is -0.496 e. The monoisotopic (exact) mass is 380 g/mol. The van der Waals surface area contributed by atoms with Crippen LogP contribution in [0.3, 0.4) is 0 Å². The van der Waals surface area contributed by atoms with Gasteiger partial charge < -0.3 is 9.30 Å². The number of carbonyl (C=O) groups is 1. The van der Waals surface area contributed by atoms with Crippen molar-refractivity contribution in [3.63, 3.8) is 0 Å². The van der Waals surface area contributed by atoms with Crippen molar-refractivity contribution in [3.8, 4) is 22.3 Å². The van der Waals surface area contributed by atoms with Gasteiger partial charge in [-0.1, -0.05) is 23.5 Å². The number of amides is 1. The summed E-state index contributed by atoms with van der Waals surface area (Å²) in [7, 11) is 1.59. The van der Waals surface area contributed by atoms with E-state index < -0.39 is 0 Å². The van der Waals surface area contributed by atoms with Crippen molar-refractivity contribution >= 4 is 23.2 Å². The van der Waals surface area contributed by atoms with Gasteiger partial charge in [-0.3, -0.25) is 15.2 Å². The zero-order valence-electron chi connectivity index (χ0n) is 14.6. The van der Waals surface area contributed by atoms with Gasteiger partial charge in [0.15, 0.2) is 11.0 Å². The number of hydrogen-bond donors (Lipinski definition) is 2. The second-order valence-electron chi connectivity index (χ2n) is 5.66. The lowest BCUT2D eigenvalue weighted by Crippen LogP contribution is -2.12. The Bertz CT molecular complexity index is 1080. The van der Waals surface area contributed by atoms with Crippen LogP contribution in [0.1, 0.15) is 15.4 Å². The van der Waals surface area contributed by atoms with Gasteiger partial charge in [0, 0.05) is 12.4 Å². The van der Waals surface area contributed by atoms with Crippen molar-refractivity contribution in [2.24, 2.45) is 0 Å². The number of aryl methyl sites for hydroxylation is 1. The van der Waals surface area contributed by atoms with Gasteiger partial charge in [0.2, 0.25) is 5.95 Å². The number of ether oxygens (including phenoxy) is 1. The number of rotatable bonds is 5. The van der Waals surface area contributed by atoms with Crippen LogP contribution >= 0.6 is 11.3 Å². The van der Waals surface area contributed by atoms with Gasteiger partial charge in [0.25, 0.3) is 5.91 Å². The Hall–Kier alpha value is -3.46. The first-order chi connectivity index (χ1) is 13.2. The number of methoxy groups -OCH3 is 1. The fraction of sp³-hybridized carbons (Fsp3) is 0.111. The Morgan fingerprint density at radius 1 is 1.19 bits per heavy atom. The van der Waals surface area contributed by atoms with Crippen molar-refractivity contribution in [2.75, 3.05) is 12.4 Å². The Kier molecular flexibility index (Phi) is 4.43. The molecule has 1 aromatic carbocycles. The number of H-pyrrole nitrogens is 1. The van der Waals surface area contributed by atoms with E-state index in [9.17, 15) is 4.79 Å². The fourth-order valence-corrected chi connectivity index (χ4v) is 3.53. The summed E-state index contributed by atoms with van der Waals surface area (Å²) in [4.78, 5) is 21.9. The van der Waals surface area contributed by atoms with E-state index in [1.54, 1.807) is 14.0 Å². The van der Waals surface area contributed by atoms with Gasteiger partial charge in [-0.25, -0.2) is 4.98 Å². The lowest BCUT2D eigenvalue weighted by Gasteiger charge is -2.04. The van der Waals surface area contributed by atoms with Gasteiger partial charge in [0.1, 0.15) is 10.6 Å². The highest BCUT2D eigenvalue weighted by molar-refractivity contribution is 7.16. The summed E-state index contributed by atoms with van der Waals surface area (Å²) >= 11 is 1.31. The molecule has 0 bridgehead atoms. The SMILES string of the molecule is COc1ccccc1-c1nc(NC(=O)c2sc(-n3cccc3)nc2C)n[nH]1. The molecule has 136 valence electrons. The third kappa shape index (κ3) is 3.32. The van der Waals surface area contributed by atoms with Gasteiger partial charge in [-0.2, -0.15) is 4.98 Å². The molecule has 0 saturated heterocycles. The normalized spacial score (nSPS) is 10.7. The van der Waals surface area contributed by atoms with Crippen LogP contribution in [0.4, 0.5) is 5.95 Å². The van der Waals surface area contributed by atoms with Crippen LogP contribution < -0.4 is 10.1 Å². The molecule has 0 unspecified atom stereocenters. The summed E-state index contributed by atoms with van der Waals surface area (Å²) in [5, 5.41) is 10.3. The van der Waals surface area contributed by atoms with Gasteiger partial charge >= 0.3 is 0 Å². The zero-order chi connectivity index (χ0) is 18.8. The number of anilines is 1. The number of nitrogens with zero attached hydrogens (tertiary/aromatic N) is 4. The van der Waals surface area contributed by atoms with Crippen LogP contribution in [0.25, 0.3) is 16.5 Å². The first kappa shape index (κ1) is 17.0. The van der Waals surface area contributed by atoms with Crippen molar-refractivity contribution in [2.45, 2.75) is 6.92 Å². The summed E-state index contributed by atoms with van der Waals surface area (Å²) in [5.74, 6) is 1.07. The molecule has 3 aromatic heterocycles. The minimum atomic E-state index is -0.297. The first-order valence-corrected chi connectivity index (χ1v) is 8.95. The van der Waals surface area contributed by atoms with Crippen LogP contribution in [0.15, 0.2) is 48.8 Å². The average molecular weight is 380 g/mol. The molecule has 0 atom stereocenters. The largest absolute Gasteiger partial charge is 0.496 e. The van der Waals surface area contributed by atoms with Crippen molar-refractivity contribution in [1.29, 1.82) is 0 Å². The molecule has 4 rings (SSSR count). The maximum atomic E-state index is 12.6. The number of nitrogens with one attached hydrogen (secondary N) is 2. The number of aromatic amines is 1. The topological polar surface area (TPSA) is 97.7 Å². The Morgan fingerprint density at radius 3 is 2.74 bits per heavy atom. The van der Waals surface area contributed by atoms with Crippen molar-refractivity contribution in [1.82, 2.24) is 24.7 Å². The summed E-state index contributed by atoms with van der Waals surface area (Å²) < 4.78 is 7.19. The first-order valence-electron chi connectivity index (χ1n) is 8.13. The summed E-state index contributed by atoms with van der Waals surface area (Å²) in [6.45, 7) is 1.80. The predicted octanol–water partition coefficient (Wildman–Crippen LogP) is 3.29. The molecule has 0 saturated carbocycles. The van der Waals surface area contributed by atoms with E-state index in [2.05, 4.69) is 25.5 Å². The third-order valence-electron chi connectivity index (χ3n) is 3.89. The molecule has 0 aliphatic carbocycles. The summed E-state index contributed by atoms with van der Waals surface area (Å²) in [5.41, 5.74) is 1.42. The molecular formula is C18H16N6O2S. The van der Waals surface area contributed by atoms with Crippen molar-refractivity contribution < 1.29 is 9.53 Å². The van der Waals surface area contributed by atoms with Crippen LogP contribution in [0.5, 0.6) is 5.75 Å². The quantitative estimate of drug-likeness (QED) is 0.554. The van der Waals surface area contributed by atoms with Gasteiger partial charge in [-0.15, -0.1) is 5.10 Å². The molecule has 27 heavy (non-hydrogen) atoms. The highest BCUT2D eigenvalue weighted by Crippen LogP contribution is 2.27. The molecule has 2 N–H and O–H groups in total. The standard InChI is InChI=1S/C18H16N6O2S/c1-11-14(27-18(19-11)24-9-5-6-10-24)16(25)21-17-20-15(22-23-17)12-7-3-4-8-13(12)26-2/h3-10H,1-2H3,(H2,20,21,22,23,25). The molecule has 9 heteroatoms. The van der Waals surface area contributed by atoms with Gasteiger partial charge in [0.05, 0.1) is 18.4 Å². The second kappa shape index (κ2) is 7.04. The number of carbonyl (C=O) groups excluding carboxylic acids is 1. The Morgan fingerprint density at radius 2 is 1.96 bits per heavy atom. The Balaban J connectivity index is 1.55. The number of thiazole rings is 1. The van der Waals surface area contributed by atoms with E-state index in [1.807, 2.05) is 53.4 Å². The molecule has 8 nitrogen and oxygen atoms in total. The lowest BCUT2D eigenvalue weighted by atomic mass is 10.2. The molecule has 0 radical (unpaired) electrons. The minimum absolute atomic E-state index is 0.191. The van der Waals surface area contributed by atoms with Crippen LogP contribution in [0, 0.1) is 6.92 Å². The third-order valence-corrected chi connectivity index (χ3v) is 5.06. The number of para-hydroxylation sites is 1. The second-order valence-corrected chi connectivity index (χ2v) is 6.64. The van der Waals surface area contributed by atoms with Crippen LogP contribution in [-0.2, 0) is 0 Å². The molecular weight excluding hydrogens is 364 g/mol. The lowest BCUT2D eigenvalue weighted by molar-refractivity contribution is 0.102. The summed E-state index contributed by atoms with van der Waals surface area (Å²) in [6, 6.07) is 11.3. The molecule has 4 aromatic rings. The molecule has 0 aliphatic rings. The fourth-order valence-electron chi connectivity index (χ4n) is 2.60. The van der Waals surface area contributed by atoms with Crippen molar-refractivity contribution in [3.05, 3.63) is 59.4 Å². The number of hydrogen-bond acceptors (Lipinski definition) is 6. The van der Waals surface area contributed by atoms with E-state index >= 15 is 0 Å². The van der Waals surface area contributed by atoms with Gasteiger partial charge in [-0.05, 0) is 31.2 Å². The zero-order valence-corrected chi connectivity index (χ0v) is 15.4.